The molecular formula is C19H17N7O2. The highest BCUT2D eigenvalue weighted by Gasteiger charge is 2.17. The molecule has 3 aromatic heterocycles. The monoisotopic (exact) mass is 375 g/mol. The number of aromatic nitrogens is 5. The number of amides is 1. The molecule has 0 unspecified atom stereocenters. The van der Waals surface area contributed by atoms with Crippen molar-refractivity contribution in [3.8, 4) is 17.4 Å². The number of carbonyl (C=O) groups is 1. The predicted octanol–water partition coefficient (Wildman–Crippen LogP) is 1.91. The lowest BCUT2D eigenvalue weighted by Gasteiger charge is -2.09. The third-order valence-corrected chi connectivity index (χ3v) is 4.19. The number of nitrogens with two attached hydrogens (primary N) is 1. The number of hydrogen-bond donors (Lipinski definition) is 2. The van der Waals surface area contributed by atoms with Crippen molar-refractivity contribution in [3.05, 3.63) is 66.1 Å². The number of hydrogen-bond acceptors (Lipinski definition) is 7. The number of pyridine rings is 1. The van der Waals surface area contributed by atoms with Crippen molar-refractivity contribution in [1.82, 2.24) is 24.6 Å². The molecule has 0 aliphatic carbocycles. The van der Waals surface area contributed by atoms with Gasteiger partial charge in [0.1, 0.15) is 17.7 Å². The first-order valence-corrected chi connectivity index (χ1v) is 8.50. The Balaban J connectivity index is 1.72. The summed E-state index contributed by atoms with van der Waals surface area (Å²) < 4.78 is 6.86. The van der Waals surface area contributed by atoms with Crippen LogP contribution < -0.4 is 15.8 Å². The lowest BCUT2D eigenvalue weighted by molar-refractivity contribution is 0.0994. The summed E-state index contributed by atoms with van der Waals surface area (Å²) in [6, 6.07) is 15.1. The third-order valence-electron chi connectivity index (χ3n) is 4.19. The molecule has 3 heterocycles. The number of benzene rings is 1. The average Bonchev–Trinajstić information content (AvgIpc) is 3.17. The SMILES string of the molecule is COc1nnc(-c2ncn3c(C(N)=O)cccc23)nc1NCc1ccccc1. The number of anilines is 1. The molecule has 1 aromatic carbocycles. The van der Waals surface area contributed by atoms with Crippen LogP contribution in [-0.2, 0) is 6.54 Å². The first kappa shape index (κ1) is 17.4. The van der Waals surface area contributed by atoms with Gasteiger partial charge in [0.2, 0.25) is 5.82 Å². The molecule has 140 valence electrons. The lowest BCUT2D eigenvalue weighted by atomic mass is 10.2. The Bertz CT molecular complexity index is 1140. The second-order valence-corrected chi connectivity index (χ2v) is 5.96. The number of methoxy groups -OCH3 is 1. The highest BCUT2D eigenvalue weighted by atomic mass is 16.5. The van der Waals surface area contributed by atoms with E-state index in [1.807, 2.05) is 30.3 Å². The van der Waals surface area contributed by atoms with Crippen LogP contribution in [0.1, 0.15) is 16.1 Å². The third kappa shape index (κ3) is 3.20. The van der Waals surface area contributed by atoms with Crippen molar-refractivity contribution in [2.24, 2.45) is 5.73 Å². The highest BCUT2D eigenvalue weighted by molar-refractivity contribution is 5.92. The molecule has 4 rings (SSSR count). The molecule has 3 N–H and O–H groups in total. The average molecular weight is 375 g/mol. The van der Waals surface area contributed by atoms with Gasteiger partial charge in [-0.1, -0.05) is 36.4 Å². The summed E-state index contributed by atoms with van der Waals surface area (Å²) in [7, 11) is 1.50. The van der Waals surface area contributed by atoms with Gasteiger partial charge in [-0.25, -0.2) is 9.97 Å². The minimum atomic E-state index is -0.548. The van der Waals surface area contributed by atoms with Crippen molar-refractivity contribution in [1.29, 1.82) is 0 Å². The molecule has 28 heavy (non-hydrogen) atoms. The maximum absolute atomic E-state index is 11.6. The van der Waals surface area contributed by atoms with Gasteiger partial charge in [-0.15, -0.1) is 10.2 Å². The van der Waals surface area contributed by atoms with E-state index in [0.717, 1.165) is 5.56 Å². The lowest BCUT2D eigenvalue weighted by Crippen LogP contribution is -2.14. The fraction of sp³-hybridized carbons (Fsp3) is 0.105. The van der Waals surface area contributed by atoms with Gasteiger partial charge in [0.05, 0.1) is 12.6 Å². The number of primary amides is 1. The Morgan fingerprint density at radius 2 is 1.96 bits per heavy atom. The molecule has 0 aliphatic rings. The molecule has 0 fully saturated rings. The molecule has 0 bridgehead atoms. The van der Waals surface area contributed by atoms with E-state index in [9.17, 15) is 4.79 Å². The molecule has 0 saturated carbocycles. The minimum absolute atomic E-state index is 0.279. The van der Waals surface area contributed by atoms with Crippen molar-refractivity contribution in [2.45, 2.75) is 6.54 Å². The van der Waals surface area contributed by atoms with Crippen LogP contribution in [0, 0.1) is 0 Å². The summed E-state index contributed by atoms with van der Waals surface area (Å²) in [6.45, 7) is 0.547. The second kappa shape index (κ2) is 7.31. The Hall–Kier alpha value is -4.01. The van der Waals surface area contributed by atoms with E-state index in [-0.39, 0.29) is 5.88 Å². The Morgan fingerprint density at radius 3 is 2.71 bits per heavy atom. The van der Waals surface area contributed by atoms with Gasteiger partial charge < -0.3 is 15.8 Å². The zero-order valence-electron chi connectivity index (χ0n) is 15.0. The highest BCUT2D eigenvalue weighted by Crippen LogP contribution is 2.25. The number of carbonyl (C=O) groups excluding carboxylic acids is 1. The van der Waals surface area contributed by atoms with Crippen LogP contribution in [0.5, 0.6) is 5.88 Å². The van der Waals surface area contributed by atoms with Crippen LogP contribution in [0.3, 0.4) is 0 Å². The van der Waals surface area contributed by atoms with E-state index >= 15 is 0 Å². The van der Waals surface area contributed by atoms with Crippen LogP contribution in [0.15, 0.2) is 54.9 Å². The molecule has 9 heteroatoms. The van der Waals surface area contributed by atoms with Crippen LogP contribution >= 0.6 is 0 Å². The zero-order chi connectivity index (χ0) is 19.5. The van der Waals surface area contributed by atoms with Crippen molar-refractivity contribution >= 4 is 17.2 Å². The first-order valence-electron chi connectivity index (χ1n) is 8.50. The van der Waals surface area contributed by atoms with Gasteiger partial charge in [-0.2, -0.15) is 0 Å². The first-order chi connectivity index (χ1) is 13.7. The van der Waals surface area contributed by atoms with Crippen molar-refractivity contribution in [2.75, 3.05) is 12.4 Å². The number of nitrogens with zero attached hydrogens (tertiary/aromatic N) is 5. The molecule has 9 nitrogen and oxygen atoms in total. The number of ether oxygens (including phenoxy) is 1. The van der Waals surface area contributed by atoms with E-state index in [2.05, 4.69) is 25.5 Å². The fourth-order valence-corrected chi connectivity index (χ4v) is 2.84. The smallest absolute Gasteiger partial charge is 0.276 e. The quantitative estimate of drug-likeness (QED) is 0.528. The van der Waals surface area contributed by atoms with Crippen LogP contribution in [0.4, 0.5) is 5.82 Å². The van der Waals surface area contributed by atoms with E-state index in [1.165, 1.54) is 13.4 Å². The van der Waals surface area contributed by atoms with E-state index in [1.54, 1.807) is 22.6 Å². The molecule has 0 spiro atoms. The Morgan fingerprint density at radius 1 is 1.14 bits per heavy atom. The number of nitrogens with one attached hydrogen (secondary N) is 1. The number of fused-ring (bicyclic) bond motifs is 1. The largest absolute Gasteiger partial charge is 0.477 e. The Kier molecular flexibility index (Phi) is 4.55. The molecule has 0 aliphatic heterocycles. The van der Waals surface area contributed by atoms with Gasteiger partial charge in [0.25, 0.3) is 11.8 Å². The van der Waals surface area contributed by atoms with E-state index < -0.39 is 5.91 Å². The van der Waals surface area contributed by atoms with Gasteiger partial charge in [-0.05, 0) is 17.7 Å². The topological polar surface area (TPSA) is 120 Å². The van der Waals surface area contributed by atoms with Crippen molar-refractivity contribution < 1.29 is 9.53 Å². The molecule has 4 aromatic rings. The maximum atomic E-state index is 11.6. The maximum Gasteiger partial charge on any atom is 0.276 e. The number of imidazole rings is 1. The summed E-state index contributed by atoms with van der Waals surface area (Å²) in [5, 5.41) is 11.4. The van der Waals surface area contributed by atoms with Gasteiger partial charge in [-0.3, -0.25) is 9.20 Å². The zero-order valence-corrected chi connectivity index (χ0v) is 15.0. The van der Waals surface area contributed by atoms with E-state index in [4.69, 9.17) is 10.5 Å². The summed E-state index contributed by atoms with van der Waals surface area (Å²) in [6.07, 6.45) is 1.51. The standard InChI is InChI=1S/C19H17N7O2/c1-28-19-18(21-10-12-6-3-2-4-7-12)23-17(24-25-19)15-13-8-5-9-14(16(20)27)26(13)11-22-15/h2-9,11H,10H2,1H3,(H2,20,27)(H,21,23,24). The summed E-state index contributed by atoms with van der Waals surface area (Å²) in [4.78, 5) is 20.5. The van der Waals surface area contributed by atoms with Gasteiger partial charge in [0.15, 0.2) is 5.82 Å². The molecule has 1 amide bonds. The van der Waals surface area contributed by atoms with Crippen LogP contribution in [-0.4, -0.2) is 37.6 Å². The van der Waals surface area contributed by atoms with Crippen LogP contribution in [0.2, 0.25) is 0 Å². The van der Waals surface area contributed by atoms with E-state index in [0.29, 0.717) is 35.1 Å². The Labute approximate surface area is 160 Å². The predicted molar refractivity (Wildman–Crippen MR) is 103 cm³/mol. The summed E-state index contributed by atoms with van der Waals surface area (Å²) in [5.74, 6) is 0.485. The molecule has 0 atom stereocenters. The normalized spacial score (nSPS) is 10.8. The van der Waals surface area contributed by atoms with Crippen molar-refractivity contribution in [3.63, 3.8) is 0 Å². The van der Waals surface area contributed by atoms with Gasteiger partial charge >= 0.3 is 0 Å². The van der Waals surface area contributed by atoms with Gasteiger partial charge in [0, 0.05) is 6.54 Å². The molecule has 0 saturated heterocycles. The number of rotatable bonds is 6. The fourth-order valence-electron chi connectivity index (χ4n) is 2.84. The molecular weight excluding hydrogens is 358 g/mol. The van der Waals surface area contributed by atoms with Crippen LogP contribution in [0.25, 0.3) is 17.0 Å². The summed E-state index contributed by atoms with van der Waals surface area (Å²) in [5.41, 5.74) is 7.97. The molecule has 0 radical (unpaired) electrons. The summed E-state index contributed by atoms with van der Waals surface area (Å²) >= 11 is 0. The second-order valence-electron chi connectivity index (χ2n) is 5.96. The minimum Gasteiger partial charge on any atom is -0.477 e.